The van der Waals surface area contributed by atoms with E-state index in [1.807, 2.05) is 43.3 Å². The van der Waals surface area contributed by atoms with E-state index in [-0.39, 0.29) is 11.5 Å². The second-order valence-corrected chi connectivity index (χ2v) is 17.5. The lowest BCUT2D eigenvalue weighted by Gasteiger charge is -2.45. The molecule has 0 aliphatic rings. The summed E-state index contributed by atoms with van der Waals surface area (Å²) in [4.78, 5) is 51.4. The topological polar surface area (TPSA) is 132 Å². The average molecular weight is 642 g/mol. The summed E-state index contributed by atoms with van der Waals surface area (Å²) in [6, 6.07) is 18.0. The van der Waals surface area contributed by atoms with Crippen LogP contribution >= 0.6 is 0 Å². The lowest BCUT2D eigenvalue weighted by molar-refractivity contribution is -0.134. The fraction of sp³-hybridized carbons (Fsp3) is 0.529. The summed E-state index contributed by atoms with van der Waals surface area (Å²) < 4.78 is 17.7. The maximum absolute atomic E-state index is 13.7. The zero-order valence-corrected chi connectivity index (χ0v) is 29.4. The van der Waals surface area contributed by atoms with Crippen molar-refractivity contribution in [1.82, 2.24) is 16.0 Å². The first kappa shape index (κ1) is 37.5. The SMILES string of the molecule is CCNC(=O)C(NC(=O)C(CC(C)O[Si](c1ccccc1)(c1ccccc1)C(C)(C)C)NC(C)=O)C(C)OC(=O)OC(C)(C)C. The van der Waals surface area contributed by atoms with Crippen molar-refractivity contribution in [2.75, 3.05) is 6.54 Å². The molecule has 3 amide bonds. The second-order valence-electron chi connectivity index (χ2n) is 13.2. The van der Waals surface area contributed by atoms with E-state index in [1.165, 1.54) is 13.8 Å². The summed E-state index contributed by atoms with van der Waals surface area (Å²) in [6.45, 7) is 18.3. The third-order valence-corrected chi connectivity index (χ3v) is 12.3. The minimum atomic E-state index is -2.95. The highest BCUT2D eigenvalue weighted by molar-refractivity contribution is 6.99. The highest BCUT2D eigenvalue weighted by atomic mass is 28.4. The number of hydrogen-bond donors (Lipinski definition) is 3. The Kier molecular flexibility index (Phi) is 13.4. The van der Waals surface area contributed by atoms with E-state index in [9.17, 15) is 19.2 Å². The van der Waals surface area contributed by atoms with E-state index in [0.29, 0.717) is 6.54 Å². The smallest absolute Gasteiger partial charge is 0.429 e. The molecule has 0 saturated carbocycles. The van der Waals surface area contributed by atoms with E-state index in [1.54, 1.807) is 27.7 Å². The molecule has 248 valence electrons. The van der Waals surface area contributed by atoms with Gasteiger partial charge in [-0.15, -0.1) is 0 Å². The Labute approximate surface area is 269 Å². The van der Waals surface area contributed by atoms with Crippen molar-refractivity contribution in [3.63, 3.8) is 0 Å². The van der Waals surface area contributed by atoms with Crippen molar-refractivity contribution in [3.8, 4) is 0 Å². The van der Waals surface area contributed by atoms with Crippen LogP contribution in [0.3, 0.4) is 0 Å². The van der Waals surface area contributed by atoms with Crippen LogP contribution < -0.4 is 26.3 Å². The van der Waals surface area contributed by atoms with Gasteiger partial charge in [0.25, 0.3) is 8.32 Å². The molecular formula is C34H51N3O7Si. The number of nitrogens with one attached hydrogen (secondary N) is 3. The van der Waals surface area contributed by atoms with Gasteiger partial charge in [0.2, 0.25) is 17.7 Å². The zero-order chi connectivity index (χ0) is 34.0. The summed E-state index contributed by atoms with van der Waals surface area (Å²) >= 11 is 0. The van der Waals surface area contributed by atoms with Crippen LogP contribution in [0.5, 0.6) is 0 Å². The fourth-order valence-corrected chi connectivity index (χ4v) is 9.99. The lowest BCUT2D eigenvalue weighted by atomic mass is 10.1. The Balaban J connectivity index is 2.41. The summed E-state index contributed by atoms with van der Waals surface area (Å²) in [6.07, 6.45) is -2.40. The molecule has 2 rings (SSSR count). The Morgan fingerprint density at radius 3 is 1.73 bits per heavy atom. The maximum Gasteiger partial charge on any atom is 0.509 e. The van der Waals surface area contributed by atoms with Gasteiger partial charge in [-0.2, -0.15) is 0 Å². The summed E-state index contributed by atoms with van der Waals surface area (Å²) in [7, 11) is -2.95. The number of carbonyl (C=O) groups is 4. The molecule has 0 aliphatic heterocycles. The summed E-state index contributed by atoms with van der Waals surface area (Å²) in [5.41, 5.74) is -0.807. The molecule has 45 heavy (non-hydrogen) atoms. The van der Waals surface area contributed by atoms with Crippen molar-refractivity contribution in [2.24, 2.45) is 0 Å². The molecule has 11 heteroatoms. The number of rotatable bonds is 13. The van der Waals surface area contributed by atoms with Crippen molar-refractivity contribution < 1.29 is 33.1 Å². The van der Waals surface area contributed by atoms with Crippen LogP contribution in [0.25, 0.3) is 0 Å². The molecule has 0 spiro atoms. The van der Waals surface area contributed by atoms with Gasteiger partial charge in [-0.1, -0.05) is 81.4 Å². The van der Waals surface area contributed by atoms with Crippen LogP contribution in [0.4, 0.5) is 4.79 Å². The molecule has 0 aliphatic carbocycles. The normalized spacial score (nSPS) is 14.7. The van der Waals surface area contributed by atoms with Gasteiger partial charge in [-0.3, -0.25) is 14.4 Å². The minimum absolute atomic E-state index is 0.124. The quantitative estimate of drug-likeness (QED) is 0.224. The third kappa shape index (κ3) is 10.7. The molecule has 0 bridgehead atoms. The molecule has 4 atom stereocenters. The van der Waals surface area contributed by atoms with Crippen LogP contribution in [0.15, 0.2) is 60.7 Å². The number of benzene rings is 2. The molecule has 0 fully saturated rings. The predicted molar refractivity (Wildman–Crippen MR) is 178 cm³/mol. The van der Waals surface area contributed by atoms with Gasteiger partial charge in [-0.05, 0) is 57.0 Å². The van der Waals surface area contributed by atoms with E-state index in [2.05, 4.69) is 61.0 Å². The van der Waals surface area contributed by atoms with Gasteiger partial charge in [0.15, 0.2) is 0 Å². The monoisotopic (exact) mass is 641 g/mol. The molecule has 0 saturated heterocycles. The first-order valence-electron chi connectivity index (χ1n) is 15.4. The average Bonchev–Trinajstić information content (AvgIpc) is 2.93. The fourth-order valence-electron chi connectivity index (χ4n) is 5.28. The van der Waals surface area contributed by atoms with E-state index >= 15 is 0 Å². The van der Waals surface area contributed by atoms with Crippen molar-refractivity contribution in [3.05, 3.63) is 60.7 Å². The zero-order valence-electron chi connectivity index (χ0n) is 28.4. The molecule has 2 aromatic rings. The van der Waals surface area contributed by atoms with Gasteiger partial charge in [0.05, 0.1) is 0 Å². The molecule has 4 unspecified atom stereocenters. The molecule has 10 nitrogen and oxygen atoms in total. The van der Waals surface area contributed by atoms with Crippen molar-refractivity contribution in [1.29, 1.82) is 0 Å². The van der Waals surface area contributed by atoms with Crippen LogP contribution in [0, 0.1) is 0 Å². The van der Waals surface area contributed by atoms with Gasteiger partial charge >= 0.3 is 6.16 Å². The summed E-state index contributed by atoms with van der Waals surface area (Å²) in [5, 5.41) is 9.95. The first-order valence-corrected chi connectivity index (χ1v) is 17.4. The van der Waals surface area contributed by atoms with Gasteiger partial charge in [0.1, 0.15) is 23.8 Å². The van der Waals surface area contributed by atoms with E-state index < -0.39 is 62.1 Å². The van der Waals surface area contributed by atoms with Gasteiger partial charge < -0.3 is 29.9 Å². The van der Waals surface area contributed by atoms with Crippen LogP contribution in [0.2, 0.25) is 5.04 Å². The van der Waals surface area contributed by atoms with Gasteiger partial charge in [0, 0.05) is 26.0 Å². The molecule has 0 heterocycles. The minimum Gasteiger partial charge on any atom is -0.429 e. The molecule has 3 N–H and O–H groups in total. The largest absolute Gasteiger partial charge is 0.509 e. The van der Waals surface area contributed by atoms with Crippen LogP contribution in [-0.4, -0.2) is 68.6 Å². The predicted octanol–water partition coefficient (Wildman–Crippen LogP) is 3.81. The van der Waals surface area contributed by atoms with Crippen LogP contribution in [-0.2, 0) is 28.3 Å². The highest BCUT2D eigenvalue weighted by Crippen LogP contribution is 2.38. The summed E-state index contributed by atoms with van der Waals surface area (Å²) in [5.74, 6) is -1.57. The lowest BCUT2D eigenvalue weighted by Crippen LogP contribution is -2.68. The molecule has 0 aromatic heterocycles. The number of carbonyl (C=O) groups excluding carboxylic acids is 4. The first-order chi connectivity index (χ1) is 20.9. The van der Waals surface area contributed by atoms with E-state index in [0.717, 1.165) is 10.4 Å². The van der Waals surface area contributed by atoms with E-state index in [4.69, 9.17) is 13.9 Å². The standard InChI is InChI=1S/C34H51N3O7Si/c1-11-35-31(40)29(24(3)42-32(41)43-33(5,6)7)37-30(39)28(36-25(4)38)22-23(2)44-45(34(8,9)10,26-18-14-12-15-19-26)27-20-16-13-17-21-27/h12-21,23-24,28-29H,11,22H2,1-10H3,(H,35,40)(H,36,38)(H,37,39). The number of likely N-dealkylation sites (N-methyl/N-ethyl adjacent to an activating group) is 1. The van der Waals surface area contributed by atoms with Crippen molar-refractivity contribution >= 4 is 42.6 Å². The highest BCUT2D eigenvalue weighted by Gasteiger charge is 2.51. The maximum atomic E-state index is 13.7. The Morgan fingerprint density at radius 1 is 0.800 bits per heavy atom. The van der Waals surface area contributed by atoms with Crippen LogP contribution in [0.1, 0.15) is 75.7 Å². The molecular weight excluding hydrogens is 590 g/mol. The Morgan fingerprint density at radius 2 is 1.31 bits per heavy atom. The number of amides is 3. The van der Waals surface area contributed by atoms with Gasteiger partial charge in [-0.25, -0.2) is 4.79 Å². The Hall–Kier alpha value is -3.70. The Bertz CT molecular complexity index is 1240. The number of ether oxygens (including phenoxy) is 2. The van der Waals surface area contributed by atoms with Crippen molar-refractivity contribution in [2.45, 2.75) is 111 Å². The second kappa shape index (κ2) is 16.0. The molecule has 0 radical (unpaired) electrons. The molecule has 2 aromatic carbocycles. The number of hydrogen-bond acceptors (Lipinski definition) is 7. The third-order valence-electron chi connectivity index (χ3n) is 7.13.